The van der Waals surface area contributed by atoms with E-state index in [1.54, 1.807) is 42.6 Å². The van der Waals surface area contributed by atoms with Crippen molar-refractivity contribution in [2.24, 2.45) is 0 Å². The third kappa shape index (κ3) is 3.36. The molecule has 4 aromatic rings. The first-order valence-electron chi connectivity index (χ1n) is 7.84. The van der Waals surface area contributed by atoms with Crippen molar-refractivity contribution in [1.82, 2.24) is 14.6 Å². The zero-order chi connectivity index (χ0) is 17.9. The summed E-state index contributed by atoms with van der Waals surface area (Å²) in [7, 11) is 0. The highest BCUT2D eigenvalue weighted by molar-refractivity contribution is 6.29. The number of rotatable bonds is 4. The van der Waals surface area contributed by atoms with Gasteiger partial charge in [-0.1, -0.05) is 35.9 Å². The van der Waals surface area contributed by atoms with Crippen LogP contribution in [0.2, 0.25) is 5.15 Å². The van der Waals surface area contributed by atoms with Gasteiger partial charge in [0.1, 0.15) is 10.9 Å². The van der Waals surface area contributed by atoms with Crippen LogP contribution in [-0.4, -0.2) is 20.5 Å². The minimum atomic E-state index is -0.223. The fourth-order valence-corrected chi connectivity index (χ4v) is 2.65. The number of ether oxygens (including phenoxy) is 1. The second-order valence-corrected chi connectivity index (χ2v) is 5.86. The molecule has 0 saturated carbocycles. The lowest BCUT2D eigenvalue weighted by atomic mass is 10.2. The standard InChI is InChI=1S/C19H13ClN4O2/c20-16-12-18(24-17(23-16)9-10-21-24)26-15-8-4-5-13(11-15)19(25)22-14-6-2-1-3-7-14/h1-12H,(H,22,25). The normalized spacial score (nSPS) is 10.7. The van der Waals surface area contributed by atoms with E-state index >= 15 is 0 Å². The lowest BCUT2D eigenvalue weighted by Crippen LogP contribution is -2.11. The predicted octanol–water partition coefficient (Wildman–Crippen LogP) is 4.43. The first kappa shape index (κ1) is 16.1. The molecule has 0 radical (unpaired) electrons. The van der Waals surface area contributed by atoms with Crippen LogP contribution in [-0.2, 0) is 0 Å². The molecule has 1 amide bonds. The summed E-state index contributed by atoms with van der Waals surface area (Å²) in [6, 6.07) is 19.4. The Morgan fingerprint density at radius 1 is 1.04 bits per heavy atom. The molecule has 128 valence electrons. The highest BCUT2D eigenvalue weighted by Gasteiger charge is 2.10. The summed E-state index contributed by atoms with van der Waals surface area (Å²) in [5.74, 6) is 0.675. The molecule has 0 aliphatic carbocycles. The smallest absolute Gasteiger partial charge is 0.255 e. The second kappa shape index (κ2) is 6.85. The molecule has 2 heterocycles. The summed E-state index contributed by atoms with van der Waals surface area (Å²) in [5.41, 5.74) is 1.77. The summed E-state index contributed by atoms with van der Waals surface area (Å²) >= 11 is 6.02. The molecule has 26 heavy (non-hydrogen) atoms. The van der Waals surface area contributed by atoms with E-state index in [1.807, 2.05) is 30.3 Å². The van der Waals surface area contributed by atoms with Crippen molar-refractivity contribution in [3.8, 4) is 11.6 Å². The van der Waals surface area contributed by atoms with Gasteiger partial charge in [0, 0.05) is 23.4 Å². The molecule has 4 rings (SSSR count). The summed E-state index contributed by atoms with van der Waals surface area (Å²) < 4.78 is 7.40. The van der Waals surface area contributed by atoms with Gasteiger partial charge in [-0.3, -0.25) is 4.79 Å². The fraction of sp³-hybridized carbons (Fsp3) is 0. The van der Waals surface area contributed by atoms with Crippen LogP contribution in [0.3, 0.4) is 0 Å². The van der Waals surface area contributed by atoms with Crippen molar-refractivity contribution >= 4 is 28.8 Å². The quantitative estimate of drug-likeness (QED) is 0.544. The number of amides is 1. The van der Waals surface area contributed by atoms with Crippen LogP contribution in [0.15, 0.2) is 72.9 Å². The van der Waals surface area contributed by atoms with Crippen molar-refractivity contribution in [3.05, 3.63) is 83.6 Å². The van der Waals surface area contributed by atoms with Gasteiger partial charge in [0.2, 0.25) is 5.88 Å². The molecular weight excluding hydrogens is 352 g/mol. The fourth-order valence-electron chi connectivity index (χ4n) is 2.47. The summed E-state index contributed by atoms with van der Waals surface area (Å²) in [6.45, 7) is 0. The number of carbonyl (C=O) groups excluding carboxylic acids is 1. The third-order valence-corrected chi connectivity index (χ3v) is 3.84. The van der Waals surface area contributed by atoms with E-state index < -0.39 is 0 Å². The van der Waals surface area contributed by atoms with Crippen LogP contribution in [0.4, 0.5) is 5.69 Å². The highest BCUT2D eigenvalue weighted by atomic mass is 35.5. The van der Waals surface area contributed by atoms with Gasteiger partial charge in [-0.05, 0) is 30.3 Å². The Kier molecular flexibility index (Phi) is 4.25. The van der Waals surface area contributed by atoms with Gasteiger partial charge in [-0.15, -0.1) is 0 Å². The Balaban J connectivity index is 1.59. The molecule has 0 atom stereocenters. The topological polar surface area (TPSA) is 68.5 Å². The van der Waals surface area contributed by atoms with Crippen molar-refractivity contribution < 1.29 is 9.53 Å². The molecule has 2 aromatic heterocycles. The SMILES string of the molecule is O=C(Nc1ccccc1)c1cccc(Oc2cc(Cl)nc3ccnn23)c1. The van der Waals surface area contributed by atoms with Gasteiger partial charge in [0.05, 0.1) is 6.20 Å². The Morgan fingerprint density at radius 3 is 2.73 bits per heavy atom. The first-order valence-corrected chi connectivity index (χ1v) is 8.21. The molecule has 0 unspecified atom stereocenters. The molecule has 0 spiro atoms. The number of hydrogen-bond donors (Lipinski definition) is 1. The van der Waals surface area contributed by atoms with Crippen molar-refractivity contribution in [2.45, 2.75) is 0 Å². The molecule has 0 saturated heterocycles. The van der Waals surface area contributed by atoms with E-state index in [0.29, 0.717) is 28.0 Å². The molecule has 2 aromatic carbocycles. The average Bonchev–Trinajstić information content (AvgIpc) is 3.11. The number of anilines is 1. The maximum atomic E-state index is 12.4. The highest BCUT2D eigenvalue weighted by Crippen LogP contribution is 2.25. The largest absolute Gasteiger partial charge is 0.439 e. The van der Waals surface area contributed by atoms with Crippen LogP contribution < -0.4 is 10.1 Å². The Hall–Kier alpha value is -3.38. The summed E-state index contributed by atoms with van der Waals surface area (Å²) in [5, 5.41) is 7.30. The monoisotopic (exact) mass is 364 g/mol. The van der Waals surface area contributed by atoms with Crippen LogP contribution >= 0.6 is 11.6 Å². The van der Waals surface area contributed by atoms with Gasteiger partial charge in [0.15, 0.2) is 5.65 Å². The Bertz CT molecular complexity index is 1080. The first-order chi connectivity index (χ1) is 12.7. The van der Waals surface area contributed by atoms with Crippen LogP contribution in [0.1, 0.15) is 10.4 Å². The Morgan fingerprint density at radius 2 is 1.88 bits per heavy atom. The minimum Gasteiger partial charge on any atom is -0.439 e. The van der Waals surface area contributed by atoms with E-state index in [0.717, 1.165) is 5.69 Å². The lowest BCUT2D eigenvalue weighted by molar-refractivity contribution is 0.102. The maximum absolute atomic E-state index is 12.4. The number of hydrogen-bond acceptors (Lipinski definition) is 4. The Labute approximate surface area is 154 Å². The molecule has 0 fully saturated rings. The van der Waals surface area contributed by atoms with E-state index in [9.17, 15) is 4.79 Å². The number of carbonyl (C=O) groups is 1. The van der Waals surface area contributed by atoms with Gasteiger partial charge < -0.3 is 10.1 Å². The van der Waals surface area contributed by atoms with Crippen LogP contribution in [0.5, 0.6) is 11.6 Å². The zero-order valence-corrected chi connectivity index (χ0v) is 14.2. The lowest BCUT2D eigenvalue weighted by Gasteiger charge is -2.10. The molecule has 0 aliphatic heterocycles. The number of para-hydroxylation sites is 1. The minimum absolute atomic E-state index is 0.223. The zero-order valence-electron chi connectivity index (χ0n) is 13.5. The summed E-state index contributed by atoms with van der Waals surface area (Å²) in [6.07, 6.45) is 1.61. The van der Waals surface area contributed by atoms with E-state index in [-0.39, 0.29) is 5.91 Å². The number of fused-ring (bicyclic) bond motifs is 1. The molecular formula is C19H13ClN4O2. The summed E-state index contributed by atoms with van der Waals surface area (Å²) in [4.78, 5) is 16.6. The molecule has 6 nitrogen and oxygen atoms in total. The third-order valence-electron chi connectivity index (χ3n) is 3.65. The van der Waals surface area contributed by atoms with Crippen molar-refractivity contribution in [3.63, 3.8) is 0 Å². The van der Waals surface area contributed by atoms with Crippen LogP contribution in [0, 0.1) is 0 Å². The van der Waals surface area contributed by atoms with Gasteiger partial charge in [0.25, 0.3) is 5.91 Å². The number of aromatic nitrogens is 3. The predicted molar refractivity (Wildman–Crippen MR) is 98.9 cm³/mol. The maximum Gasteiger partial charge on any atom is 0.255 e. The molecule has 0 bridgehead atoms. The van der Waals surface area contributed by atoms with Gasteiger partial charge >= 0.3 is 0 Å². The van der Waals surface area contributed by atoms with Crippen LogP contribution in [0.25, 0.3) is 5.65 Å². The average molecular weight is 365 g/mol. The second-order valence-electron chi connectivity index (χ2n) is 5.47. The van der Waals surface area contributed by atoms with Gasteiger partial charge in [-0.2, -0.15) is 9.61 Å². The number of nitrogens with zero attached hydrogens (tertiary/aromatic N) is 3. The number of benzene rings is 2. The number of halogens is 1. The van der Waals surface area contributed by atoms with Gasteiger partial charge in [-0.25, -0.2) is 4.98 Å². The molecule has 7 heteroatoms. The molecule has 0 aliphatic rings. The van der Waals surface area contributed by atoms with Crippen molar-refractivity contribution in [1.29, 1.82) is 0 Å². The number of nitrogens with one attached hydrogen (secondary N) is 1. The van der Waals surface area contributed by atoms with E-state index in [4.69, 9.17) is 16.3 Å². The van der Waals surface area contributed by atoms with E-state index in [2.05, 4.69) is 15.4 Å². The van der Waals surface area contributed by atoms with Crippen molar-refractivity contribution in [2.75, 3.05) is 5.32 Å². The molecule has 1 N–H and O–H groups in total. The van der Waals surface area contributed by atoms with E-state index in [1.165, 1.54) is 4.52 Å².